The summed E-state index contributed by atoms with van der Waals surface area (Å²) >= 11 is 0. The Morgan fingerprint density at radius 2 is 2.05 bits per heavy atom. The summed E-state index contributed by atoms with van der Waals surface area (Å²) in [5.41, 5.74) is 9.38. The van der Waals surface area contributed by atoms with E-state index in [1.54, 1.807) is 0 Å². The van der Waals surface area contributed by atoms with E-state index in [4.69, 9.17) is 10.7 Å². The van der Waals surface area contributed by atoms with Gasteiger partial charge in [0, 0.05) is 12.0 Å². The zero-order valence-electron chi connectivity index (χ0n) is 12.6. The van der Waals surface area contributed by atoms with Gasteiger partial charge in [-0.05, 0) is 42.9 Å². The predicted octanol–water partition coefficient (Wildman–Crippen LogP) is 3.88. The van der Waals surface area contributed by atoms with E-state index in [-0.39, 0.29) is 5.41 Å². The molecule has 0 unspecified atom stereocenters. The van der Waals surface area contributed by atoms with Crippen molar-refractivity contribution in [3.8, 4) is 0 Å². The van der Waals surface area contributed by atoms with Gasteiger partial charge in [-0.2, -0.15) is 0 Å². The summed E-state index contributed by atoms with van der Waals surface area (Å²) < 4.78 is 0. The first-order chi connectivity index (χ1) is 9.63. The summed E-state index contributed by atoms with van der Waals surface area (Å²) in [5.74, 6) is 1.91. The SMILES string of the molecule is CC(C)CC1(c2nc3ccc(CN)cc3[nH]2)CCCC1. The van der Waals surface area contributed by atoms with Crippen molar-refractivity contribution in [1.82, 2.24) is 9.97 Å². The van der Waals surface area contributed by atoms with Crippen molar-refractivity contribution in [3.05, 3.63) is 29.6 Å². The topological polar surface area (TPSA) is 54.7 Å². The standard InChI is InChI=1S/C17H25N3/c1-12(2)10-17(7-3-4-8-17)16-19-14-6-5-13(11-18)9-15(14)20-16/h5-6,9,12H,3-4,7-8,10-11,18H2,1-2H3,(H,19,20). The second kappa shape index (κ2) is 5.21. The van der Waals surface area contributed by atoms with Crippen LogP contribution >= 0.6 is 0 Å². The Labute approximate surface area is 121 Å². The highest BCUT2D eigenvalue weighted by molar-refractivity contribution is 5.76. The fraction of sp³-hybridized carbons (Fsp3) is 0.588. The van der Waals surface area contributed by atoms with Crippen molar-refractivity contribution in [2.24, 2.45) is 11.7 Å². The number of nitrogens with two attached hydrogens (primary N) is 1. The van der Waals surface area contributed by atoms with Gasteiger partial charge in [0.05, 0.1) is 11.0 Å². The molecule has 0 saturated heterocycles. The third-order valence-corrected chi connectivity index (χ3v) is 4.64. The van der Waals surface area contributed by atoms with E-state index in [0.717, 1.165) is 16.6 Å². The fourth-order valence-corrected chi connectivity index (χ4v) is 3.81. The average molecular weight is 271 g/mol. The number of imidazole rings is 1. The summed E-state index contributed by atoms with van der Waals surface area (Å²) in [5, 5.41) is 0. The number of aromatic amines is 1. The van der Waals surface area contributed by atoms with Crippen LogP contribution in [0.15, 0.2) is 18.2 Å². The molecule has 0 atom stereocenters. The number of nitrogens with one attached hydrogen (secondary N) is 1. The van der Waals surface area contributed by atoms with Crippen LogP contribution in [0.4, 0.5) is 0 Å². The molecule has 2 aromatic rings. The number of hydrogen-bond donors (Lipinski definition) is 2. The lowest BCUT2D eigenvalue weighted by Gasteiger charge is -2.28. The summed E-state index contributed by atoms with van der Waals surface area (Å²) in [6.45, 7) is 5.21. The Morgan fingerprint density at radius 1 is 1.30 bits per heavy atom. The summed E-state index contributed by atoms with van der Waals surface area (Å²) in [6.07, 6.45) is 6.44. The van der Waals surface area contributed by atoms with Crippen molar-refractivity contribution in [2.75, 3.05) is 0 Å². The van der Waals surface area contributed by atoms with Crippen LogP contribution in [0.5, 0.6) is 0 Å². The molecule has 0 amide bonds. The summed E-state index contributed by atoms with van der Waals surface area (Å²) in [4.78, 5) is 8.49. The highest BCUT2D eigenvalue weighted by atomic mass is 14.9. The van der Waals surface area contributed by atoms with Gasteiger partial charge in [0.25, 0.3) is 0 Å². The first kappa shape index (κ1) is 13.6. The molecule has 20 heavy (non-hydrogen) atoms. The molecule has 1 heterocycles. The maximum Gasteiger partial charge on any atom is 0.113 e. The third kappa shape index (κ3) is 2.35. The summed E-state index contributed by atoms with van der Waals surface area (Å²) in [7, 11) is 0. The molecule has 3 rings (SSSR count). The van der Waals surface area contributed by atoms with Gasteiger partial charge >= 0.3 is 0 Å². The van der Waals surface area contributed by atoms with Crippen LogP contribution in [0.25, 0.3) is 11.0 Å². The molecule has 0 bridgehead atoms. The second-order valence-corrected chi connectivity index (χ2v) is 6.73. The van der Waals surface area contributed by atoms with Crippen LogP contribution in [0.3, 0.4) is 0 Å². The normalized spacial score (nSPS) is 18.2. The molecule has 1 fully saturated rings. The van der Waals surface area contributed by atoms with Crippen LogP contribution in [0.2, 0.25) is 0 Å². The van der Waals surface area contributed by atoms with Gasteiger partial charge < -0.3 is 10.7 Å². The lowest BCUT2D eigenvalue weighted by atomic mass is 9.78. The van der Waals surface area contributed by atoms with Crippen molar-refractivity contribution < 1.29 is 0 Å². The van der Waals surface area contributed by atoms with Crippen molar-refractivity contribution in [1.29, 1.82) is 0 Å². The molecule has 3 heteroatoms. The maximum absolute atomic E-state index is 5.73. The molecular formula is C17H25N3. The van der Waals surface area contributed by atoms with Gasteiger partial charge in [0.15, 0.2) is 0 Å². The number of nitrogens with zero attached hydrogens (tertiary/aromatic N) is 1. The highest BCUT2D eigenvalue weighted by Crippen LogP contribution is 2.44. The molecule has 3 N–H and O–H groups in total. The highest BCUT2D eigenvalue weighted by Gasteiger charge is 2.38. The Kier molecular flexibility index (Phi) is 3.55. The van der Waals surface area contributed by atoms with Crippen LogP contribution in [0, 0.1) is 5.92 Å². The molecule has 0 aliphatic heterocycles. The van der Waals surface area contributed by atoms with E-state index in [2.05, 4.69) is 37.0 Å². The number of hydrogen-bond acceptors (Lipinski definition) is 2. The van der Waals surface area contributed by atoms with Crippen LogP contribution in [-0.2, 0) is 12.0 Å². The van der Waals surface area contributed by atoms with Gasteiger partial charge in [0.1, 0.15) is 5.82 Å². The van der Waals surface area contributed by atoms with Crippen molar-refractivity contribution >= 4 is 11.0 Å². The molecule has 1 aromatic heterocycles. The first-order valence-electron chi connectivity index (χ1n) is 7.82. The van der Waals surface area contributed by atoms with E-state index < -0.39 is 0 Å². The lowest BCUT2D eigenvalue weighted by molar-refractivity contribution is 0.332. The first-order valence-corrected chi connectivity index (χ1v) is 7.82. The number of fused-ring (bicyclic) bond motifs is 1. The second-order valence-electron chi connectivity index (χ2n) is 6.73. The van der Waals surface area contributed by atoms with Crippen LogP contribution < -0.4 is 5.73 Å². The number of benzene rings is 1. The van der Waals surface area contributed by atoms with Gasteiger partial charge in [0.2, 0.25) is 0 Å². The smallest absolute Gasteiger partial charge is 0.113 e. The number of rotatable bonds is 4. The van der Waals surface area contributed by atoms with E-state index in [0.29, 0.717) is 12.5 Å². The number of H-pyrrole nitrogens is 1. The summed E-state index contributed by atoms with van der Waals surface area (Å²) in [6, 6.07) is 6.32. The van der Waals surface area contributed by atoms with Crippen molar-refractivity contribution in [2.45, 2.75) is 57.9 Å². The quantitative estimate of drug-likeness (QED) is 0.886. The van der Waals surface area contributed by atoms with Gasteiger partial charge in [-0.1, -0.05) is 32.8 Å². The average Bonchev–Trinajstić information content (AvgIpc) is 3.03. The molecule has 0 radical (unpaired) electrons. The van der Waals surface area contributed by atoms with Crippen LogP contribution in [0.1, 0.15) is 57.3 Å². The molecule has 1 saturated carbocycles. The molecule has 3 nitrogen and oxygen atoms in total. The maximum atomic E-state index is 5.73. The van der Waals surface area contributed by atoms with E-state index >= 15 is 0 Å². The predicted molar refractivity (Wildman–Crippen MR) is 83.6 cm³/mol. The van der Waals surface area contributed by atoms with Crippen molar-refractivity contribution in [3.63, 3.8) is 0 Å². The zero-order valence-corrected chi connectivity index (χ0v) is 12.6. The minimum absolute atomic E-state index is 0.274. The Balaban J connectivity index is 2.02. The lowest BCUT2D eigenvalue weighted by Crippen LogP contribution is -2.25. The molecular weight excluding hydrogens is 246 g/mol. The Bertz CT molecular complexity index is 591. The Hall–Kier alpha value is -1.35. The molecule has 108 valence electrons. The largest absolute Gasteiger partial charge is 0.341 e. The zero-order chi connectivity index (χ0) is 14.2. The van der Waals surface area contributed by atoms with Gasteiger partial charge in [-0.15, -0.1) is 0 Å². The van der Waals surface area contributed by atoms with E-state index in [1.165, 1.54) is 37.9 Å². The molecule has 1 aliphatic carbocycles. The fourth-order valence-electron chi connectivity index (χ4n) is 3.81. The van der Waals surface area contributed by atoms with Crippen LogP contribution in [-0.4, -0.2) is 9.97 Å². The molecule has 0 spiro atoms. The monoisotopic (exact) mass is 271 g/mol. The van der Waals surface area contributed by atoms with Gasteiger partial charge in [-0.25, -0.2) is 4.98 Å². The number of aromatic nitrogens is 2. The third-order valence-electron chi connectivity index (χ3n) is 4.64. The van der Waals surface area contributed by atoms with E-state index in [1.807, 2.05) is 0 Å². The Morgan fingerprint density at radius 3 is 2.70 bits per heavy atom. The van der Waals surface area contributed by atoms with Gasteiger partial charge in [-0.3, -0.25) is 0 Å². The molecule has 1 aliphatic rings. The minimum atomic E-state index is 0.274. The molecule has 1 aromatic carbocycles. The van der Waals surface area contributed by atoms with E-state index in [9.17, 15) is 0 Å². The minimum Gasteiger partial charge on any atom is -0.341 e.